The number of amides is 2. The van der Waals surface area contributed by atoms with Gasteiger partial charge in [-0.15, -0.1) is 0 Å². The third-order valence-electron chi connectivity index (χ3n) is 4.68. The lowest BCUT2D eigenvalue weighted by atomic mass is 10.1. The molecule has 1 heterocycles. The van der Waals surface area contributed by atoms with E-state index in [9.17, 15) is 18.0 Å². The number of rotatable bonds is 6. The number of aryl methyl sites for hydroxylation is 1. The summed E-state index contributed by atoms with van der Waals surface area (Å²) in [4.78, 5) is 24.8. The molecule has 0 unspecified atom stereocenters. The molecule has 0 saturated carbocycles. The average Bonchev–Trinajstić information content (AvgIpc) is 3.00. The Hall–Kier alpha value is -2.51. The highest BCUT2D eigenvalue weighted by atomic mass is 32.2. The molecule has 2 aromatic rings. The molecular weight excluding hydrogens is 364 g/mol. The molecule has 142 valence electrons. The van der Waals surface area contributed by atoms with Gasteiger partial charge in [0.25, 0.3) is 0 Å². The fourth-order valence-electron chi connectivity index (χ4n) is 3.05. The first-order valence-electron chi connectivity index (χ1n) is 8.89. The molecule has 1 fully saturated rings. The lowest BCUT2D eigenvalue weighted by Crippen LogP contribution is -2.29. The highest BCUT2D eigenvalue weighted by Gasteiger charge is 2.30. The maximum atomic E-state index is 12.6. The molecule has 7 heteroatoms. The molecule has 1 atom stereocenters. The number of benzene rings is 2. The Morgan fingerprint density at radius 1 is 0.963 bits per heavy atom. The number of nitrogens with one attached hydrogen (secondary N) is 1. The number of sulfonamides is 1. The Kier molecular flexibility index (Phi) is 5.43. The lowest BCUT2D eigenvalue weighted by Gasteiger charge is -2.17. The molecule has 1 N–H and O–H groups in total. The van der Waals surface area contributed by atoms with Crippen molar-refractivity contribution in [1.29, 1.82) is 0 Å². The summed E-state index contributed by atoms with van der Waals surface area (Å²) >= 11 is 0. The molecule has 0 aromatic heterocycles. The van der Waals surface area contributed by atoms with E-state index in [2.05, 4.69) is 11.6 Å². The molecule has 27 heavy (non-hydrogen) atoms. The number of carbonyl (C=O) groups is 2. The number of imide groups is 1. The Labute approximate surface area is 159 Å². The molecule has 1 aliphatic rings. The molecule has 1 saturated heterocycles. The molecule has 0 radical (unpaired) electrons. The van der Waals surface area contributed by atoms with E-state index in [1.54, 1.807) is 6.92 Å². The highest BCUT2D eigenvalue weighted by molar-refractivity contribution is 7.89. The van der Waals surface area contributed by atoms with Gasteiger partial charge in [-0.05, 0) is 48.7 Å². The summed E-state index contributed by atoms with van der Waals surface area (Å²) in [7, 11) is -3.73. The number of nitrogens with zero attached hydrogens (tertiary/aromatic N) is 1. The molecule has 0 aliphatic carbocycles. The standard InChI is InChI=1S/C20H22N2O4S/c1-3-15-4-6-16(7-5-15)14(2)21-27(25,26)18-10-8-17(9-11-18)22-19(23)12-13-20(22)24/h4-11,14,21H,3,12-13H2,1-2H3/t14-/m0/s1. The molecule has 6 nitrogen and oxygen atoms in total. The zero-order valence-electron chi connectivity index (χ0n) is 15.3. The molecule has 1 aliphatic heterocycles. The number of hydrogen-bond donors (Lipinski definition) is 1. The van der Waals surface area contributed by atoms with E-state index in [1.165, 1.54) is 29.8 Å². The van der Waals surface area contributed by atoms with Crippen molar-refractivity contribution in [2.75, 3.05) is 4.90 Å². The van der Waals surface area contributed by atoms with Crippen LogP contribution in [0.15, 0.2) is 53.4 Å². The van der Waals surface area contributed by atoms with E-state index in [4.69, 9.17) is 0 Å². The molecule has 0 bridgehead atoms. The Bertz CT molecular complexity index is 934. The second kappa shape index (κ2) is 7.62. The second-order valence-electron chi connectivity index (χ2n) is 6.55. The van der Waals surface area contributed by atoms with Crippen LogP contribution in [0.5, 0.6) is 0 Å². The van der Waals surface area contributed by atoms with Crippen molar-refractivity contribution in [2.24, 2.45) is 0 Å². The van der Waals surface area contributed by atoms with Gasteiger partial charge in [0.15, 0.2) is 0 Å². The van der Waals surface area contributed by atoms with Gasteiger partial charge in [0.05, 0.1) is 10.6 Å². The maximum Gasteiger partial charge on any atom is 0.241 e. The van der Waals surface area contributed by atoms with Crippen LogP contribution in [0.4, 0.5) is 5.69 Å². The van der Waals surface area contributed by atoms with Crippen LogP contribution in [-0.2, 0) is 26.0 Å². The van der Waals surface area contributed by atoms with E-state index in [0.717, 1.165) is 16.9 Å². The maximum absolute atomic E-state index is 12.6. The summed E-state index contributed by atoms with van der Waals surface area (Å²) in [6, 6.07) is 13.2. The van der Waals surface area contributed by atoms with Crippen LogP contribution < -0.4 is 9.62 Å². The lowest BCUT2D eigenvalue weighted by molar-refractivity contribution is -0.121. The summed E-state index contributed by atoms with van der Waals surface area (Å²) < 4.78 is 27.9. The zero-order valence-corrected chi connectivity index (χ0v) is 16.1. The summed E-state index contributed by atoms with van der Waals surface area (Å²) in [5.74, 6) is -0.532. The van der Waals surface area contributed by atoms with Crippen molar-refractivity contribution >= 4 is 27.5 Å². The quantitative estimate of drug-likeness (QED) is 0.774. The molecule has 2 amide bonds. The van der Waals surface area contributed by atoms with Crippen molar-refractivity contribution in [3.8, 4) is 0 Å². The summed E-state index contributed by atoms with van der Waals surface area (Å²) in [5.41, 5.74) is 2.46. The van der Waals surface area contributed by atoms with Crippen molar-refractivity contribution in [3.05, 3.63) is 59.7 Å². The average molecular weight is 386 g/mol. The minimum absolute atomic E-state index is 0.0855. The van der Waals surface area contributed by atoms with E-state index in [-0.39, 0.29) is 35.6 Å². The van der Waals surface area contributed by atoms with Crippen LogP contribution >= 0.6 is 0 Å². The van der Waals surface area contributed by atoms with Gasteiger partial charge < -0.3 is 0 Å². The van der Waals surface area contributed by atoms with Crippen LogP contribution in [0.2, 0.25) is 0 Å². The third-order valence-corrected chi connectivity index (χ3v) is 6.23. The zero-order chi connectivity index (χ0) is 19.6. The minimum atomic E-state index is -3.73. The van der Waals surface area contributed by atoms with Gasteiger partial charge in [0.1, 0.15) is 0 Å². The highest BCUT2D eigenvalue weighted by Crippen LogP contribution is 2.25. The smallest absolute Gasteiger partial charge is 0.241 e. The van der Waals surface area contributed by atoms with Gasteiger partial charge in [-0.1, -0.05) is 31.2 Å². The Morgan fingerprint density at radius 3 is 2.04 bits per heavy atom. The SMILES string of the molecule is CCc1ccc([C@H](C)NS(=O)(=O)c2ccc(N3C(=O)CCC3=O)cc2)cc1. The second-order valence-corrected chi connectivity index (χ2v) is 8.27. The van der Waals surface area contributed by atoms with Crippen LogP contribution in [0.1, 0.15) is 43.9 Å². The normalized spacial score (nSPS) is 16.0. The van der Waals surface area contributed by atoms with Gasteiger partial charge in [-0.25, -0.2) is 13.1 Å². The van der Waals surface area contributed by atoms with Gasteiger partial charge in [0.2, 0.25) is 21.8 Å². The predicted molar refractivity (Wildman–Crippen MR) is 103 cm³/mol. The summed E-state index contributed by atoms with van der Waals surface area (Å²) in [6.45, 7) is 3.85. The van der Waals surface area contributed by atoms with Gasteiger partial charge in [-0.2, -0.15) is 0 Å². The first kappa shape index (κ1) is 19.3. The van der Waals surface area contributed by atoms with Crippen LogP contribution in [0.3, 0.4) is 0 Å². The van der Waals surface area contributed by atoms with E-state index >= 15 is 0 Å². The monoisotopic (exact) mass is 386 g/mol. The number of anilines is 1. The minimum Gasteiger partial charge on any atom is -0.274 e. The van der Waals surface area contributed by atoms with Crippen molar-refractivity contribution in [2.45, 2.75) is 44.0 Å². The number of hydrogen-bond acceptors (Lipinski definition) is 4. The molecule has 2 aromatic carbocycles. The third kappa shape index (κ3) is 4.09. The predicted octanol–water partition coefficient (Wildman–Crippen LogP) is 2.94. The Balaban J connectivity index is 1.76. The van der Waals surface area contributed by atoms with Crippen molar-refractivity contribution in [3.63, 3.8) is 0 Å². The van der Waals surface area contributed by atoms with E-state index in [1.807, 2.05) is 24.3 Å². The fourth-order valence-corrected chi connectivity index (χ4v) is 4.28. The molecular formula is C20H22N2O4S. The Morgan fingerprint density at radius 2 is 1.52 bits per heavy atom. The van der Waals surface area contributed by atoms with E-state index < -0.39 is 10.0 Å². The van der Waals surface area contributed by atoms with Gasteiger partial charge >= 0.3 is 0 Å². The van der Waals surface area contributed by atoms with Crippen molar-refractivity contribution < 1.29 is 18.0 Å². The largest absolute Gasteiger partial charge is 0.274 e. The van der Waals surface area contributed by atoms with Gasteiger partial charge in [-0.3, -0.25) is 14.5 Å². The van der Waals surface area contributed by atoms with Gasteiger partial charge in [0, 0.05) is 18.9 Å². The number of carbonyl (C=O) groups excluding carboxylic acids is 2. The summed E-state index contributed by atoms with van der Waals surface area (Å²) in [5, 5.41) is 0. The van der Waals surface area contributed by atoms with Crippen molar-refractivity contribution in [1.82, 2.24) is 4.72 Å². The fraction of sp³-hybridized carbons (Fsp3) is 0.300. The first-order chi connectivity index (χ1) is 12.8. The van der Waals surface area contributed by atoms with Crippen LogP contribution in [-0.4, -0.2) is 20.2 Å². The summed E-state index contributed by atoms with van der Waals surface area (Å²) in [6.07, 6.45) is 1.30. The molecule has 0 spiro atoms. The van der Waals surface area contributed by atoms with Crippen LogP contribution in [0.25, 0.3) is 0 Å². The van der Waals surface area contributed by atoms with E-state index in [0.29, 0.717) is 5.69 Å². The van der Waals surface area contributed by atoms with Crippen LogP contribution in [0, 0.1) is 0 Å². The topological polar surface area (TPSA) is 83.6 Å². The first-order valence-corrected chi connectivity index (χ1v) is 10.4. The molecule has 3 rings (SSSR count).